The van der Waals surface area contributed by atoms with Crippen LogP contribution in [0.5, 0.6) is 0 Å². The number of nitrogens with zero attached hydrogens (tertiary/aromatic N) is 2. The Morgan fingerprint density at radius 1 is 1.36 bits per heavy atom. The van der Waals surface area contributed by atoms with Crippen LogP contribution in [0.3, 0.4) is 0 Å². The third-order valence-electron chi connectivity index (χ3n) is 4.82. The molecule has 0 radical (unpaired) electrons. The number of likely N-dealkylation sites (tertiary alicyclic amines) is 1. The molecule has 6 heteroatoms. The molecule has 1 fully saturated rings. The first-order valence-electron chi connectivity index (χ1n) is 9.11. The number of aliphatic imine (C=N–C) groups is 1. The monoisotopic (exact) mass is 348 g/mol. The van der Waals surface area contributed by atoms with Gasteiger partial charge in [0.05, 0.1) is 13.2 Å². The summed E-state index contributed by atoms with van der Waals surface area (Å²) in [5.74, 6) is 0.845. The molecule has 1 heterocycles. The molecule has 2 rings (SSSR count). The summed E-state index contributed by atoms with van der Waals surface area (Å²) in [6.07, 6.45) is 2.44. The number of ether oxygens (including phenoxy) is 1. The van der Waals surface area contributed by atoms with E-state index in [1.54, 1.807) is 14.2 Å². The topological polar surface area (TPSA) is 69.1 Å². The highest BCUT2D eigenvalue weighted by Crippen LogP contribution is 2.16. The van der Waals surface area contributed by atoms with E-state index in [4.69, 9.17) is 4.74 Å². The van der Waals surface area contributed by atoms with Crippen molar-refractivity contribution in [3.05, 3.63) is 35.9 Å². The summed E-state index contributed by atoms with van der Waals surface area (Å²) >= 11 is 0. The van der Waals surface area contributed by atoms with Crippen molar-refractivity contribution in [1.29, 1.82) is 0 Å². The van der Waals surface area contributed by atoms with Crippen molar-refractivity contribution in [3.63, 3.8) is 0 Å². The van der Waals surface area contributed by atoms with E-state index >= 15 is 0 Å². The maximum Gasteiger partial charge on any atom is 0.191 e. The smallest absolute Gasteiger partial charge is 0.191 e. The van der Waals surface area contributed by atoms with Gasteiger partial charge in [0.25, 0.3) is 0 Å². The lowest BCUT2D eigenvalue weighted by molar-refractivity contribution is 0.141. The lowest BCUT2D eigenvalue weighted by atomic mass is 10.0. The van der Waals surface area contributed by atoms with Gasteiger partial charge in [0.2, 0.25) is 0 Å². The summed E-state index contributed by atoms with van der Waals surface area (Å²) in [6.45, 7) is 4.54. The van der Waals surface area contributed by atoms with Crippen LogP contribution >= 0.6 is 0 Å². The summed E-state index contributed by atoms with van der Waals surface area (Å²) < 4.78 is 5.20. The van der Waals surface area contributed by atoms with Gasteiger partial charge in [0.1, 0.15) is 0 Å². The SMILES string of the molecule is CN=C(NCC(CO)c1ccccc1)NCC1CCCN1CCOC. The van der Waals surface area contributed by atoms with Gasteiger partial charge in [-0.25, -0.2) is 0 Å². The number of guanidine groups is 1. The quantitative estimate of drug-likeness (QED) is 0.460. The number of aliphatic hydroxyl groups is 1. The number of rotatable bonds is 9. The van der Waals surface area contributed by atoms with E-state index in [1.165, 1.54) is 12.8 Å². The van der Waals surface area contributed by atoms with E-state index in [-0.39, 0.29) is 12.5 Å². The summed E-state index contributed by atoms with van der Waals surface area (Å²) in [5, 5.41) is 16.4. The highest BCUT2D eigenvalue weighted by Gasteiger charge is 2.24. The number of hydrogen-bond donors (Lipinski definition) is 3. The van der Waals surface area contributed by atoms with Gasteiger partial charge in [-0.3, -0.25) is 9.89 Å². The van der Waals surface area contributed by atoms with E-state index in [0.29, 0.717) is 12.6 Å². The second-order valence-corrected chi connectivity index (χ2v) is 6.45. The molecule has 3 N–H and O–H groups in total. The molecule has 1 aromatic rings. The predicted octanol–water partition coefficient (Wildman–Crippen LogP) is 1.04. The zero-order valence-corrected chi connectivity index (χ0v) is 15.4. The Morgan fingerprint density at radius 2 is 2.16 bits per heavy atom. The van der Waals surface area contributed by atoms with Crippen molar-refractivity contribution >= 4 is 5.96 Å². The normalized spacial score (nSPS) is 19.8. The van der Waals surface area contributed by atoms with Gasteiger partial charge in [0, 0.05) is 45.8 Å². The molecule has 25 heavy (non-hydrogen) atoms. The minimum atomic E-state index is 0.0597. The second-order valence-electron chi connectivity index (χ2n) is 6.45. The third kappa shape index (κ3) is 6.30. The lowest BCUT2D eigenvalue weighted by Gasteiger charge is -2.25. The van der Waals surface area contributed by atoms with Gasteiger partial charge in [-0.1, -0.05) is 30.3 Å². The first-order chi connectivity index (χ1) is 12.3. The maximum absolute atomic E-state index is 9.67. The summed E-state index contributed by atoms with van der Waals surface area (Å²) in [6, 6.07) is 10.6. The van der Waals surface area contributed by atoms with E-state index in [1.807, 2.05) is 30.3 Å². The van der Waals surface area contributed by atoms with Crippen molar-refractivity contribution in [2.45, 2.75) is 24.8 Å². The molecule has 0 aliphatic carbocycles. The van der Waals surface area contributed by atoms with Crippen molar-refractivity contribution in [2.24, 2.45) is 4.99 Å². The average molecular weight is 348 g/mol. The Morgan fingerprint density at radius 3 is 2.84 bits per heavy atom. The van der Waals surface area contributed by atoms with E-state index in [2.05, 4.69) is 20.5 Å². The molecule has 1 aliphatic rings. The van der Waals surface area contributed by atoms with E-state index in [0.717, 1.165) is 37.8 Å². The summed E-state index contributed by atoms with van der Waals surface area (Å²) in [4.78, 5) is 6.78. The average Bonchev–Trinajstić information content (AvgIpc) is 3.11. The minimum Gasteiger partial charge on any atom is -0.396 e. The first-order valence-corrected chi connectivity index (χ1v) is 9.11. The van der Waals surface area contributed by atoms with Crippen molar-refractivity contribution < 1.29 is 9.84 Å². The number of aliphatic hydroxyl groups excluding tert-OH is 1. The molecule has 1 aliphatic heterocycles. The van der Waals surface area contributed by atoms with Crippen LogP contribution in [-0.4, -0.2) is 75.6 Å². The highest BCUT2D eigenvalue weighted by atomic mass is 16.5. The molecule has 0 saturated carbocycles. The van der Waals surface area contributed by atoms with Gasteiger partial charge in [-0.2, -0.15) is 0 Å². The van der Waals surface area contributed by atoms with Crippen molar-refractivity contribution in [2.75, 3.05) is 53.6 Å². The Balaban J connectivity index is 1.78. The molecule has 0 aromatic heterocycles. The number of benzene rings is 1. The van der Waals surface area contributed by atoms with E-state index < -0.39 is 0 Å². The molecule has 2 atom stereocenters. The zero-order valence-electron chi connectivity index (χ0n) is 15.4. The van der Waals surface area contributed by atoms with E-state index in [9.17, 15) is 5.11 Å². The van der Waals surface area contributed by atoms with Crippen LogP contribution in [0.15, 0.2) is 35.3 Å². The van der Waals surface area contributed by atoms with Gasteiger partial charge in [0.15, 0.2) is 5.96 Å². The Bertz CT molecular complexity index is 509. The molecule has 2 unspecified atom stereocenters. The Hall–Kier alpha value is -1.63. The molecule has 140 valence electrons. The molecular formula is C19H32N4O2. The maximum atomic E-state index is 9.67. The predicted molar refractivity (Wildman–Crippen MR) is 102 cm³/mol. The number of nitrogens with one attached hydrogen (secondary N) is 2. The molecule has 1 aromatic carbocycles. The molecule has 6 nitrogen and oxygen atoms in total. The van der Waals surface area contributed by atoms with Crippen LogP contribution in [0, 0.1) is 0 Å². The standard InChI is InChI=1S/C19H32N4O2/c1-20-19(21-13-17(15-24)16-7-4-3-5-8-16)22-14-18-9-6-10-23(18)11-12-25-2/h3-5,7-8,17-18,24H,6,9-15H2,1-2H3,(H2,20,21,22). The second kappa shape index (κ2) is 11.1. The summed E-state index contributed by atoms with van der Waals surface area (Å²) in [7, 11) is 3.53. The van der Waals surface area contributed by atoms with Crippen molar-refractivity contribution in [1.82, 2.24) is 15.5 Å². The van der Waals surface area contributed by atoms with Gasteiger partial charge >= 0.3 is 0 Å². The van der Waals surface area contributed by atoms with Crippen LogP contribution in [0.2, 0.25) is 0 Å². The molecular weight excluding hydrogens is 316 g/mol. The van der Waals surface area contributed by atoms with Crippen LogP contribution in [0.1, 0.15) is 24.3 Å². The fourth-order valence-corrected chi connectivity index (χ4v) is 3.30. The zero-order chi connectivity index (χ0) is 17.9. The highest BCUT2D eigenvalue weighted by molar-refractivity contribution is 5.79. The molecule has 0 amide bonds. The number of methoxy groups -OCH3 is 1. The Labute approximate surface area is 151 Å². The Kier molecular flexibility index (Phi) is 8.72. The van der Waals surface area contributed by atoms with Gasteiger partial charge < -0.3 is 20.5 Å². The summed E-state index contributed by atoms with van der Waals surface area (Å²) in [5.41, 5.74) is 1.13. The lowest BCUT2D eigenvalue weighted by Crippen LogP contribution is -2.46. The molecule has 0 bridgehead atoms. The number of hydrogen-bond acceptors (Lipinski definition) is 4. The molecule has 1 saturated heterocycles. The first kappa shape index (κ1) is 19.7. The van der Waals surface area contributed by atoms with Crippen LogP contribution in [0.25, 0.3) is 0 Å². The van der Waals surface area contributed by atoms with Crippen LogP contribution in [0.4, 0.5) is 0 Å². The van der Waals surface area contributed by atoms with Crippen LogP contribution < -0.4 is 10.6 Å². The third-order valence-corrected chi connectivity index (χ3v) is 4.82. The van der Waals surface area contributed by atoms with Crippen molar-refractivity contribution in [3.8, 4) is 0 Å². The molecule has 0 spiro atoms. The largest absolute Gasteiger partial charge is 0.396 e. The van der Waals surface area contributed by atoms with Gasteiger partial charge in [-0.15, -0.1) is 0 Å². The fraction of sp³-hybridized carbons (Fsp3) is 0.632. The van der Waals surface area contributed by atoms with Gasteiger partial charge in [-0.05, 0) is 24.9 Å². The minimum absolute atomic E-state index is 0.0597. The fourth-order valence-electron chi connectivity index (χ4n) is 3.30. The van der Waals surface area contributed by atoms with Crippen LogP contribution in [-0.2, 0) is 4.74 Å².